The molecule has 1 aliphatic heterocycles. The van der Waals surface area contributed by atoms with E-state index in [1.807, 2.05) is 24.3 Å². The Balaban J connectivity index is 1.51. The molecule has 6 nitrogen and oxygen atoms in total. The van der Waals surface area contributed by atoms with Gasteiger partial charge in [0.1, 0.15) is 9.84 Å². The first-order chi connectivity index (χ1) is 12.3. The molecule has 1 aromatic carbocycles. The topological polar surface area (TPSA) is 101 Å². The van der Waals surface area contributed by atoms with Gasteiger partial charge in [-0.05, 0) is 42.4 Å². The maximum absolute atomic E-state index is 12.5. The lowest BCUT2D eigenvalue weighted by Crippen LogP contribution is -2.28. The quantitative estimate of drug-likeness (QED) is 0.686. The van der Waals surface area contributed by atoms with E-state index < -0.39 is 15.8 Å². The van der Waals surface area contributed by atoms with Gasteiger partial charge in [-0.2, -0.15) is 11.8 Å². The largest absolute Gasteiger partial charge is 0.481 e. The van der Waals surface area contributed by atoms with Gasteiger partial charge in [0.25, 0.3) is 0 Å². The van der Waals surface area contributed by atoms with E-state index in [9.17, 15) is 18.0 Å². The number of nitrogens with one attached hydrogen (secondary N) is 1. The van der Waals surface area contributed by atoms with Crippen LogP contribution in [0.5, 0.6) is 0 Å². The van der Waals surface area contributed by atoms with Crippen LogP contribution in [0.2, 0.25) is 0 Å². The van der Waals surface area contributed by atoms with Crippen LogP contribution in [0.1, 0.15) is 31.2 Å². The molecule has 2 fully saturated rings. The highest BCUT2D eigenvalue weighted by atomic mass is 32.2. The smallest absolute Gasteiger partial charge is 0.304 e. The number of aliphatic carboxylic acids is 1. The number of amides is 1. The Labute approximate surface area is 157 Å². The van der Waals surface area contributed by atoms with Crippen molar-refractivity contribution in [3.8, 4) is 0 Å². The highest BCUT2D eigenvalue weighted by molar-refractivity contribution is 7.98. The molecule has 0 aromatic heterocycles. The number of benzene rings is 1. The molecule has 0 bridgehead atoms. The Morgan fingerprint density at radius 3 is 2.69 bits per heavy atom. The molecule has 1 heterocycles. The fourth-order valence-corrected chi connectivity index (χ4v) is 6.05. The van der Waals surface area contributed by atoms with Gasteiger partial charge in [-0.3, -0.25) is 9.59 Å². The minimum Gasteiger partial charge on any atom is -0.481 e. The third-order valence-corrected chi connectivity index (χ3v) is 7.93. The molecule has 1 aliphatic carbocycles. The summed E-state index contributed by atoms with van der Waals surface area (Å²) < 4.78 is 23.2. The highest BCUT2D eigenvalue weighted by Gasteiger charge is 2.59. The summed E-state index contributed by atoms with van der Waals surface area (Å²) in [6, 6.07) is 7.57. The number of carboxylic acid groups (broad SMARTS) is 1. The molecule has 2 aliphatic rings. The molecule has 1 amide bonds. The Hall–Kier alpha value is -1.54. The number of carbonyl (C=O) groups excluding carboxylic acids is 1. The highest BCUT2D eigenvalue weighted by Crippen LogP contribution is 2.60. The summed E-state index contributed by atoms with van der Waals surface area (Å²) in [6.07, 6.45) is 2.10. The van der Waals surface area contributed by atoms with Crippen molar-refractivity contribution in [2.24, 2.45) is 11.3 Å². The summed E-state index contributed by atoms with van der Waals surface area (Å²) >= 11 is 1.55. The third-order valence-electron chi connectivity index (χ3n) is 5.25. The van der Waals surface area contributed by atoms with Crippen molar-refractivity contribution in [3.05, 3.63) is 29.8 Å². The minimum absolute atomic E-state index is 0.0278. The number of thioether (sulfide) groups is 1. The van der Waals surface area contributed by atoms with Crippen LogP contribution in [0.15, 0.2) is 24.3 Å². The number of carbonyl (C=O) groups is 2. The molecule has 142 valence electrons. The van der Waals surface area contributed by atoms with E-state index >= 15 is 0 Å². The van der Waals surface area contributed by atoms with Crippen LogP contribution in [0.3, 0.4) is 0 Å². The van der Waals surface area contributed by atoms with Crippen molar-refractivity contribution in [3.63, 3.8) is 0 Å². The van der Waals surface area contributed by atoms with Crippen molar-refractivity contribution in [1.82, 2.24) is 0 Å². The van der Waals surface area contributed by atoms with Crippen LogP contribution in [0.25, 0.3) is 0 Å². The average molecular weight is 398 g/mol. The van der Waals surface area contributed by atoms with Gasteiger partial charge in [-0.1, -0.05) is 12.1 Å². The van der Waals surface area contributed by atoms with Crippen molar-refractivity contribution < 1.29 is 23.1 Å². The zero-order valence-corrected chi connectivity index (χ0v) is 16.1. The second-order valence-corrected chi connectivity index (χ2v) is 10.6. The molecule has 26 heavy (non-hydrogen) atoms. The minimum atomic E-state index is -2.91. The molecule has 1 unspecified atom stereocenters. The normalized spacial score (nSPS) is 22.7. The summed E-state index contributed by atoms with van der Waals surface area (Å²) in [5.74, 6) is 0.723. The summed E-state index contributed by atoms with van der Waals surface area (Å²) in [5, 5.41) is 11.6. The summed E-state index contributed by atoms with van der Waals surface area (Å²) in [5.41, 5.74) is 1.66. The Morgan fingerprint density at radius 1 is 1.27 bits per heavy atom. The first-order valence-electron chi connectivity index (χ1n) is 8.69. The van der Waals surface area contributed by atoms with E-state index in [4.69, 9.17) is 5.11 Å². The zero-order chi connectivity index (χ0) is 18.8. The lowest BCUT2D eigenvalue weighted by atomic mass is 9.96. The maximum atomic E-state index is 12.5. The molecule has 2 N–H and O–H groups in total. The van der Waals surface area contributed by atoms with Gasteiger partial charge >= 0.3 is 5.97 Å². The second-order valence-electron chi connectivity index (χ2n) is 7.16. The lowest BCUT2D eigenvalue weighted by molar-refractivity contribution is -0.136. The van der Waals surface area contributed by atoms with Crippen LogP contribution in [-0.2, 0) is 25.2 Å². The molecule has 1 atom stereocenters. The van der Waals surface area contributed by atoms with Gasteiger partial charge in [-0.25, -0.2) is 8.42 Å². The summed E-state index contributed by atoms with van der Waals surface area (Å²) in [7, 11) is -2.91. The predicted molar refractivity (Wildman–Crippen MR) is 102 cm³/mol. The van der Waals surface area contributed by atoms with Gasteiger partial charge in [0.05, 0.1) is 17.9 Å². The van der Waals surface area contributed by atoms with Crippen LogP contribution in [0, 0.1) is 11.3 Å². The number of rotatable bonds is 7. The van der Waals surface area contributed by atoms with Crippen molar-refractivity contribution >= 4 is 39.2 Å². The van der Waals surface area contributed by atoms with Crippen LogP contribution in [0.4, 0.5) is 5.69 Å². The standard InChI is InChI=1S/C18H23NO5S2/c20-16(21)4-7-25-12-13-2-1-3-14(10-13)19-17(22)15-11-18(15)5-8-26(23,24)9-6-18/h1-3,10,15H,4-9,11-12H2,(H,19,22)(H,20,21). The fourth-order valence-electron chi connectivity index (χ4n) is 3.53. The van der Waals surface area contributed by atoms with Gasteiger partial charge in [-0.15, -0.1) is 0 Å². The molecule has 1 aromatic rings. The zero-order valence-electron chi connectivity index (χ0n) is 14.4. The van der Waals surface area contributed by atoms with Crippen LogP contribution in [-0.4, -0.2) is 42.7 Å². The Kier molecular flexibility index (Phi) is 5.62. The maximum Gasteiger partial charge on any atom is 0.304 e. The average Bonchev–Trinajstić information content (AvgIpc) is 3.30. The number of sulfone groups is 1. The molecular formula is C18H23NO5S2. The Morgan fingerprint density at radius 2 is 2.00 bits per heavy atom. The van der Waals surface area contributed by atoms with E-state index in [1.54, 1.807) is 11.8 Å². The fraction of sp³-hybridized carbons (Fsp3) is 0.556. The van der Waals surface area contributed by atoms with E-state index in [1.165, 1.54) is 0 Å². The molecule has 1 saturated carbocycles. The van der Waals surface area contributed by atoms with E-state index in [0.29, 0.717) is 24.3 Å². The lowest BCUT2D eigenvalue weighted by Gasteiger charge is -2.22. The molecule has 8 heteroatoms. The van der Waals surface area contributed by atoms with Gasteiger partial charge in [0.15, 0.2) is 0 Å². The third kappa shape index (κ3) is 4.79. The predicted octanol–water partition coefficient (Wildman–Crippen LogP) is 2.55. The Bertz CT molecular complexity index is 792. The number of anilines is 1. The van der Waals surface area contributed by atoms with Gasteiger partial charge in [0.2, 0.25) is 5.91 Å². The summed E-state index contributed by atoms with van der Waals surface area (Å²) in [6.45, 7) is 0. The molecule has 0 radical (unpaired) electrons. The first-order valence-corrected chi connectivity index (χ1v) is 11.7. The number of hydrogen-bond acceptors (Lipinski definition) is 5. The molecule has 1 spiro atoms. The van der Waals surface area contributed by atoms with Gasteiger partial charge < -0.3 is 10.4 Å². The van der Waals surface area contributed by atoms with Crippen LogP contribution < -0.4 is 5.32 Å². The molecular weight excluding hydrogens is 374 g/mol. The number of carboxylic acids is 1. The van der Waals surface area contributed by atoms with E-state index in [-0.39, 0.29) is 35.2 Å². The van der Waals surface area contributed by atoms with E-state index in [2.05, 4.69) is 5.32 Å². The molecule has 3 rings (SSSR count). The van der Waals surface area contributed by atoms with Crippen molar-refractivity contribution in [2.45, 2.75) is 31.4 Å². The summed E-state index contributed by atoms with van der Waals surface area (Å²) in [4.78, 5) is 23.1. The first kappa shape index (κ1) is 19.2. The van der Waals surface area contributed by atoms with E-state index in [0.717, 1.165) is 17.7 Å². The number of hydrogen-bond donors (Lipinski definition) is 2. The molecule has 1 saturated heterocycles. The van der Waals surface area contributed by atoms with Crippen molar-refractivity contribution in [1.29, 1.82) is 0 Å². The van der Waals surface area contributed by atoms with Gasteiger partial charge in [0, 0.05) is 23.1 Å². The SMILES string of the molecule is O=C(O)CCSCc1cccc(NC(=O)C2CC23CCS(=O)(=O)CC3)c1. The second kappa shape index (κ2) is 7.60. The monoisotopic (exact) mass is 397 g/mol. The van der Waals surface area contributed by atoms with Crippen molar-refractivity contribution in [2.75, 3.05) is 22.6 Å². The van der Waals surface area contributed by atoms with Crippen LogP contribution >= 0.6 is 11.8 Å².